The van der Waals surface area contributed by atoms with E-state index in [2.05, 4.69) is 12.2 Å². The van der Waals surface area contributed by atoms with Gasteiger partial charge in [0.05, 0.1) is 0 Å². The van der Waals surface area contributed by atoms with Gasteiger partial charge in [0.25, 0.3) is 0 Å². The Balaban J connectivity index is 1.98. The molecule has 0 bridgehead atoms. The van der Waals surface area contributed by atoms with E-state index < -0.39 is 0 Å². The summed E-state index contributed by atoms with van der Waals surface area (Å²) in [7, 11) is 0. The van der Waals surface area contributed by atoms with Crippen molar-refractivity contribution in [2.75, 3.05) is 5.73 Å². The van der Waals surface area contributed by atoms with Crippen LogP contribution in [0.25, 0.3) is 0 Å². The van der Waals surface area contributed by atoms with E-state index in [-0.39, 0.29) is 11.9 Å². The van der Waals surface area contributed by atoms with Gasteiger partial charge >= 0.3 is 0 Å². The van der Waals surface area contributed by atoms with Crippen molar-refractivity contribution < 1.29 is 4.39 Å². The second-order valence-corrected chi connectivity index (χ2v) is 4.36. The van der Waals surface area contributed by atoms with Crippen molar-refractivity contribution in [3.8, 4) is 0 Å². The van der Waals surface area contributed by atoms with E-state index in [4.69, 9.17) is 5.73 Å². The minimum absolute atomic E-state index is 0.163. The molecule has 2 rings (SSSR count). The molecule has 94 valence electrons. The normalized spacial score (nSPS) is 12.3. The number of hydrogen-bond donors (Lipinski definition) is 2. The number of rotatable bonds is 4. The van der Waals surface area contributed by atoms with E-state index in [1.54, 1.807) is 12.1 Å². The molecule has 0 radical (unpaired) electrons. The summed E-state index contributed by atoms with van der Waals surface area (Å²) in [6, 6.07) is 14.5. The lowest BCUT2D eigenvalue weighted by atomic mass is 10.1. The predicted octanol–water partition coefficient (Wildman–Crippen LogP) is 3.26. The van der Waals surface area contributed by atoms with E-state index in [0.29, 0.717) is 6.54 Å². The zero-order valence-electron chi connectivity index (χ0n) is 10.4. The first-order chi connectivity index (χ1) is 8.66. The summed E-state index contributed by atoms with van der Waals surface area (Å²) in [6.07, 6.45) is 0. The molecule has 0 amide bonds. The highest BCUT2D eigenvalue weighted by Gasteiger charge is 2.07. The third-order valence-electron chi connectivity index (χ3n) is 2.99. The molecule has 3 heteroatoms. The molecule has 1 unspecified atom stereocenters. The van der Waals surface area contributed by atoms with Crippen molar-refractivity contribution in [1.82, 2.24) is 5.32 Å². The van der Waals surface area contributed by atoms with E-state index >= 15 is 0 Å². The van der Waals surface area contributed by atoms with Crippen LogP contribution in [0.2, 0.25) is 0 Å². The van der Waals surface area contributed by atoms with Crippen molar-refractivity contribution in [2.45, 2.75) is 19.5 Å². The summed E-state index contributed by atoms with van der Waals surface area (Å²) >= 11 is 0. The van der Waals surface area contributed by atoms with E-state index in [0.717, 1.165) is 16.8 Å². The predicted molar refractivity (Wildman–Crippen MR) is 72.5 cm³/mol. The van der Waals surface area contributed by atoms with Gasteiger partial charge in [0.15, 0.2) is 0 Å². The summed E-state index contributed by atoms with van der Waals surface area (Å²) in [4.78, 5) is 0. The molecule has 2 aromatic carbocycles. The number of anilines is 1. The Morgan fingerprint density at radius 1 is 1.11 bits per heavy atom. The average Bonchev–Trinajstić information content (AvgIpc) is 2.38. The molecule has 2 aromatic rings. The number of halogens is 1. The molecule has 0 saturated heterocycles. The number of benzene rings is 2. The molecular formula is C15H17FN2. The molecular weight excluding hydrogens is 227 g/mol. The van der Waals surface area contributed by atoms with Crippen LogP contribution in [0.1, 0.15) is 24.1 Å². The molecule has 0 saturated carbocycles. The smallest absolute Gasteiger partial charge is 0.123 e. The summed E-state index contributed by atoms with van der Waals surface area (Å²) in [5, 5.41) is 3.37. The van der Waals surface area contributed by atoms with Crippen LogP contribution in [-0.4, -0.2) is 0 Å². The fourth-order valence-corrected chi connectivity index (χ4v) is 1.89. The highest BCUT2D eigenvalue weighted by atomic mass is 19.1. The van der Waals surface area contributed by atoms with Crippen molar-refractivity contribution in [1.29, 1.82) is 0 Å². The van der Waals surface area contributed by atoms with Crippen LogP contribution >= 0.6 is 0 Å². The lowest BCUT2D eigenvalue weighted by Gasteiger charge is -2.16. The lowest BCUT2D eigenvalue weighted by Crippen LogP contribution is -2.19. The van der Waals surface area contributed by atoms with Crippen LogP contribution in [0.15, 0.2) is 48.5 Å². The molecule has 0 aliphatic rings. The molecule has 2 nitrogen and oxygen atoms in total. The van der Waals surface area contributed by atoms with Crippen molar-refractivity contribution in [3.05, 3.63) is 65.5 Å². The minimum Gasteiger partial charge on any atom is -0.398 e. The molecule has 0 fully saturated rings. The number of nitrogen functional groups attached to an aromatic ring is 1. The Hall–Kier alpha value is -1.87. The second-order valence-electron chi connectivity index (χ2n) is 4.36. The molecule has 0 heterocycles. The summed E-state index contributed by atoms with van der Waals surface area (Å²) in [5.41, 5.74) is 8.85. The summed E-state index contributed by atoms with van der Waals surface area (Å²) in [5.74, 6) is -0.209. The van der Waals surface area contributed by atoms with Gasteiger partial charge in [0.1, 0.15) is 5.82 Å². The zero-order chi connectivity index (χ0) is 13.0. The third kappa shape index (κ3) is 3.08. The van der Waals surface area contributed by atoms with Crippen molar-refractivity contribution >= 4 is 5.69 Å². The molecule has 18 heavy (non-hydrogen) atoms. The van der Waals surface area contributed by atoms with Crippen LogP contribution < -0.4 is 11.1 Å². The van der Waals surface area contributed by atoms with Gasteiger partial charge in [-0.05, 0) is 36.2 Å². The van der Waals surface area contributed by atoms with Crippen molar-refractivity contribution in [3.63, 3.8) is 0 Å². The van der Waals surface area contributed by atoms with Gasteiger partial charge in [-0.25, -0.2) is 4.39 Å². The molecule has 0 aromatic heterocycles. The van der Waals surface area contributed by atoms with Crippen LogP contribution in [0.5, 0.6) is 0 Å². The average molecular weight is 244 g/mol. The topological polar surface area (TPSA) is 38.0 Å². The lowest BCUT2D eigenvalue weighted by molar-refractivity contribution is 0.574. The standard InChI is InChI=1S/C15H17FN2/c1-11(14-4-2-3-5-15(14)17)18-10-12-6-8-13(16)9-7-12/h2-9,11,18H,10,17H2,1H3. The van der Waals surface area contributed by atoms with Gasteiger partial charge in [-0.3, -0.25) is 0 Å². The minimum atomic E-state index is -0.209. The summed E-state index contributed by atoms with van der Waals surface area (Å²) < 4.78 is 12.8. The fraction of sp³-hybridized carbons (Fsp3) is 0.200. The molecule has 0 aliphatic heterocycles. The van der Waals surface area contributed by atoms with E-state index in [9.17, 15) is 4.39 Å². The number of nitrogens with one attached hydrogen (secondary N) is 1. The number of nitrogens with two attached hydrogens (primary N) is 1. The third-order valence-corrected chi connectivity index (χ3v) is 2.99. The van der Waals surface area contributed by atoms with Crippen LogP contribution in [-0.2, 0) is 6.54 Å². The largest absolute Gasteiger partial charge is 0.398 e. The van der Waals surface area contributed by atoms with Gasteiger partial charge in [-0.2, -0.15) is 0 Å². The Labute approximate surface area is 107 Å². The first-order valence-corrected chi connectivity index (χ1v) is 5.99. The Morgan fingerprint density at radius 3 is 2.44 bits per heavy atom. The van der Waals surface area contributed by atoms with Gasteiger partial charge in [0, 0.05) is 18.3 Å². The van der Waals surface area contributed by atoms with Crippen molar-refractivity contribution in [2.24, 2.45) is 0 Å². The maximum atomic E-state index is 12.8. The SMILES string of the molecule is CC(NCc1ccc(F)cc1)c1ccccc1N. The number of para-hydroxylation sites is 1. The maximum absolute atomic E-state index is 12.8. The van der Waals surface area contributed by atoms with Crippen LogP contribution in [0, 0.1) is 5.82 Å². The summed E-state index contributed by atoms with van der Waals surface area (Å²) in [6.45, 7) is 2.75. The van der Waals surface area contributed by atoms with Crippen LogP contribution in [0.4, 0.5) is 10.1 Å². The van der Waals surface area contributed by atoms with Gasteiger partial charge in [-0.15, -0.1) is 0 Å². The first kappa shape index (κ1) is 12.6. The Kier molecular flexibility index (Phi) is 3.95. The molecule has 1 atom stereocenters. The van der Waals surface area contributed by atoms with Crippen LogP contribution in [0.3, 0.4) is 0 Å². The Morgan fingerprint density at radius 2 is 1.78 bits per heavy atom. The zero-order valence-corrected chi connectivity index (χ0v) is 10.4. The van der Waals surface area contributed by atoms with E-state index in [1.807, 2.05) is 24.3 Å². The molecule has 3 N–H and O–H groups in total. The quantitative estimate of drug-likeness (QED) is 0.810. The van der Waals surface area contributed by atoms with Gasteiger partial charge in [0.2, 0.25) is 0 Å². The second kappa shape index (κ2) is 5.65. The first-order valence-electron chi connectivity index (χ1n) is 5.99. The highest BCUT2D eigenvalue weighted by molar-refractivity contribution is 5.47. The number of hydrogen-bond acceptors (Lipinski definition) is 2. The molecule has 0 aliphatic carbocycles. The van der Waals surface area contributed by atoms with E-state index in [1.165, 1.54) is 12.1 Å². The van der Waals surface area contributed by atoms with Gasteiger partial charge < -0.3 is 11.1 Å². The monoisotopic (exact) mass is 244 g/mol. The fourth-order valence-electron chi connectivity index (χ4n) is 1.89. The Bertz CT molecular complexity index is 508. The highest BCUT2D eigenvalue weighted by Crippen LogP contribution is 2.19. The maximum Gasteiger partial charge on any atom is 0.123 e. The van der Waals surface area contributed by atoms with Gasteiger partial charge in [-0.1, -0.05) is 30.3 Å². The molecule has 0 spiro atoms.